The van der Waals surface area contributed by atoms with Crippen LogP contribution in [0, 0.1) is 5.82 Å². The standard InChI is InChI=1S/C25H22FN3O5S2/c1-3-34-23(30)16-29-21-14-11-18(26)15-22(21)35-25(29)27-24(31)17-9-12-20(13-10-17)36(32,33)28(2)19-7-5-4-6-8-19/h4-15H,3,16H2,1-2H3. The number of para-hydroxylation sites is 1. The van der Waals surface area contributed by atoms with E-state index in [1.165, 1.54) is 54.1 Å². The first-order valence-electron chi connectivity index (χ1n) is 10.9. The Labute approximate surface area is 211 Å². The van der Waals surface area contributed by atoms with Gasteiger partial charge in [-0.25, -0.2) is 12.8 Å². The number of amides is 1. The quantitative estimate of drug-likeness (QED) is 0.339. The molecule has 0 N–H and O–H groups in total. The molecule has 0 atom stereocenters. The average molecular weight is 528 g/mol. The topological polar surface area (TPSA) is 98.0 Å². The summed E-state index contributed by atoms with van der Waals surface area (Å²) in [6.07, 6.45) is 0. The highest BCUT2D eigenvalue weighted by molar-refractivity contribution is 7.92. The molecule has 0 saturated heterocycles. The van der Waals surface area contributed by atoms with E-state index in [-0.39, 0.29) is 28.4 Å². The maximum absolute atomic E-state index is 13.7. The van der Waals surface area contributed by atoms with E-state index in [4.69, 9.17) is 4.74 Å². The first kappa shape index (κ1) is 25.3. The molecule has 0 radical (unpaired) electrons. The average Bonchev–Trinajstić information content (AvgIpc) is 3.19. The number of halogens is 1. The zero-order valence-electron chi connectivity index (χ0n) is 19.4. The molecule has 0 unspecified atom stereocenters. The zero-order valence-corrected chi connectivity index (χ0v) is 21.1. The molecule has 0 aliphatic carbocycles. The number of esters is 1. The summed E-state index contributed by atoms with van der Waals surface area (Å²) >= 11 is 1.06. The van der Waals surface area contributed by atoms with Crippen molar-refractivity contribution in [2.75, 3.05) is 18.0 Å². The Morgan fingerprint density at radius 2 is 1.75 bits per heavy atom. The molecule has 11 heteroatoms. The van der Waals surface area contributed by atoms with Gasteiger partial charge in [0.05, 0.1) is 27.4 Å². The van der Waals surface area contributed by atoms with Gasteiger partial charge in [0.15, 0.2) is 4.80 Å². The SMILES string of the molecule is CCOC(=O)Cn1c(=NC(=O)c2ccc(S(=O)(=O)N(C)c3ccccc3)cc2)sc2cc(F)ccc21. The number of aromatic nitrogens is 1. The van der Waals surface area contributed by atoms with Crippen LogP contribution < -0.4 is 9.11 Å². The molecule has 1 aromatic heterocycles. The lowest BCUT2D eigenvalue weighted by Gasteiger charge is -2.19. The van der Waals surface area contributed by atoms with E-state index in [0.717, 1.165) is 15.6 Å². The van der Waals surface area contributed by atoms with Gasteiger partial charge >= 0.3 is 5.97 Å². The molecule has 186 valence electrons. The molecule has 0 aliphatic rings. The van der Waals surface area contributed by atoms with Gasteiger partial charge in [-0.05, 0) is 61.5 Å². The van der Waals surface area contributed by atoms with Gasteiger partial charge in [0.2, 0.25) is 0 Å². The lowest BCUT2D eigenvalue weighted by atomic mass is 10.2. The van der Waals surface area contributed by atoms with E-state index in [1.807, 2.05) is 0 Å². The maximum atomic E-state index is 13.7. The number of carbonyl (C=O) groups excluding carboxylic acids is 2. The summed E-state index contributed by atoms with van der Waals surface area (Å²) in [5.41, 5.74) is 1.19. The first-order valence-corrected chi connectivity index (χ1v) is 13.1. The molecule has 0 spiro atoms. The molecule has 0 bridgehead atoms. The lowest BCUT2D eigenvalue weighted by Crippen LogP contribution is -2.26. The van der Waals surface area contributed by atoms with Gasteiger partial charge in [-0.3, -0.25) is 13.9 Å². The summed E-state index contributed by atoms with van der Waals surface area (Å²) in [4.78, 5) is 29.4. The molecule has 4 rings (SSSR count). The summed E-state index contributed by atoms with van der Waals surface area (Å²) in [6, 6.07) is 18.1. The van der Waals surface area contributed by atoms with Crippen molar-refractivity contribution in [1.29, 1.82) is 0 Å². The first-order chi connectivity index (χ1) is 17.2. The third kappa shape index (κ3) is 5.21. The van der Waals surface area contributed by atoms with Crippen LogP contribution in [0.2, 0.25) is 0 Å². The van der Waals surface area contributed by atoms with Crippen LogP contribution in [0.15, 0.2) is 82.7 Å². The lowest BCUT2D eigenvalue weighted by molar-refractivity contribution is -0.143. The number of sulfonamides is 1. The molecular formula is C25H22FN3O5S2. The molecule has 0 fully saturated rings. The number of hydrogen-bond acceptors (Lipinski definition) is 6. The minimum atomic E-state index is -3.84. The number of fused-ring (bicyclic) bond motifs is 1. The summed E-state index contributed by atoms with van der Waals surface area (Å²) in [7, 11) is -2.39. The molecule has 0 aliphatic heterocycles. The second-order valence-electron chi connectivity index (χ2n) is 7.64. The molecule has 4 aromatic rings. The molecule has 1 amide bonds. The highest BCUT2D eigenvalue weighted by atomic mass is 32.2. The van der Waals surface area contributed by atoms with Crippen LogP contribution in [-0.2, 0) is 26.1 Å². The Hall–Kier alpha value is -3.83. The van der Waals surface area contributed by atoms with Crippen LogP contribution in [0.25, 0.3) is 10.2 Å². The summed E-state index contributed by atoms with van der Waals surface area (Å²) < 4.78 is 47.9. The normalized spacial score (nSPS) is 12.0. The Balaban J connectivity index is 1.66. The number of nitrogens with zero attached hydrogens (tertiary/aromatic N) is 3. The third-order valence-electron chi connectivity index (χ3n) is 5.31. The van der Waals surface area contributed by atoms with E-state index in [2.05, 4.69) is 4.99 Å². The third-order valence-corrected chi connectivity index (χ3v) is 8.15. The number of hydrogen-bond donors (Lipinski definition) is 0. The van der Waals surface area contributed by atoms with E-state index < -0.39 is 27.7 Å². The van der Waals surface area contributed by atoms with Gasteiger partial charge in [-0.2, -0.15) is 4.99 Å². The van der Waals surface area contributed by atoms with Crippen molar-refractivity contribution < 1.29 is 27.1 Å². The van der Waals surface area contributed by atoms with Crippen LogP contribution in [-0.4, -0.2) is 38.5 Å². The minimum Gasteiger partial charge on any atom is -0.465 e. The highest BCUT2D eigenvalue weighted by Gasteiger charge is 2.21. The minimum absolute atomic E-state index is 0.0140. The van der Waals surface area contributed by atoms with Crippen molar-refractivity contribution in [2.45, 2.75) is 18.4 Å². The van der Waals surface area contributed by atoms with Gasteiger partial charge in [-0.1, -0.05) is 29.5 Å². The predicted octanol–water partition coefficient (Wildman–Crippen LogP) is 3.97. The monoisotopic (exact) mass is 527 g/mol. The number of carbonyl (C=O) groups is 2. The van der Waals surface area contributed by atoms with Crippen molar-refractivity contribution in [3.63, 3.8) is 0 Å². The fourth-order valence-electron chi connectivity index (χ4n) is 3.48. The second kappa shape index (κ2) is 10.4. The predicted molar refractivity (Wildman–Crippen MR) is 135 cm³/mol. The van der Waals surface area contributed by atoms with Crippen molar-refractivity contribution in [3.8, 4) is 0 Å². The number of rotatable bonds is 7. The Morgan fingerprint density at radius 3 is 2.42 bits per heavy atom. The number of benzene rings is 3. The van der Waals surface area contributed by atoms with E-state index in [0.29, 0.717) is 15.9 Å². The highest BCUT2D eigenvalue weighted by Crippen LogP contribution is 2.22. The molecule has 8 nitrogen and oxygen atoms in total. The van der Waals surface area contributed by atoms with E-state index >= 15 is 0 Å². The van der Waals surface area contributed by atoms with Gasteiger partial charge in [0.1, 0.15) is 12.4 Å². The van der Waals surface area contributed by atoms with Crippen molar-refractivity contribution in [3.05, 3.63) is 89.0 Å². The van der Waals surface area contributed by atoms with Crippen molar-refractivity contribution in [1.82, 2.24) is 4.57 Å². The molecule has 1 heterocycles. The Kier molecular flexibility index (Phi) is 7.32. The summed E-state index contributed by atoms with van der Waals surface area (Å²) in [5, 5.41) is 0. The van der Waals surface area contributed by atoms with Gasteiger partial charge < -0.3 is 9.30 Å². The Morgan fingerprint density at radius 1 is 1.06 bits per heavy atom. The maximum Gasteiger partial charge on any atom is 0.326 e. The summed E-state index contributed by atoms with van der Waals surface area (Å²) in [6.45, 7) is 1.67. The molecule has 0 saturated carbocycles. The van der Waals surface area contributed by atoms with Crippen LogP contribution in [0.5, 0.6) is 0 Å². The Bertz CT molecular complexity index is 1590. The molecule has 36 heavy (non-hydrogen) atoms. The fraction of sp³-hybridized carbons (Fsp3) is 0.160. The van der Waals surface area contributed by atoms with E-state index in [9.17, 15) is 22.4 Å². The van der Waals surface area contributed by atoms with Gasteiger partial charge in [-0.15, -0.1) is 0 Å². The van der Waals surface area contributed by atoms with Crippen LogP contribution in [0.3, 0.4) is 0 Å². The zero-order chi connectivity index (χ0) is 25.9. The summed E-state index contributed by atoms with van der Waals surface area (Å²) in [5.74, 6) is -1.62. The van der Waals surface area contributed by atoms with Gasteiger partial charge in [0, 0.05) is 12.6 Å². The fourth-order valence-corrected chi connectivity index (χ4v) is 5.72. The number of ether oxygens (including phenoxy) is 1. The number of anilines is 1. The second-order valence-corrected chi connectivity index (χ2v) is 10.6. The van der Waals surface area contributed by atoms with Gasteiger partial charge in [0.25, 0.3) is 15.9 Å². The molecular weight excluding hydrogens is 505 g/mol. The van der Waals surface area contributed by atoms with E-state index in [1.54, 1.807) is 37.3 Å². The van der Waals surface area contributed by atoms with Crippen LogP contribution >= 0.6 is 11.3 Å². The van der Waals surface area contributed by atoms with Crippen LogP contribution in [0.4, 0.5) is 10.1 Å². The molecule has 3 aromatic carbocycles. The van der Waals surface area contributed by atoms with Crippen molar-refractivity contribution in [2.24, 2.45) is 4.99 Å². The largest absolute Gasteiger partial charge is 0.465 e. The van der Waals surface area contributed by atoms with Crippen LogP contribution in [0.1, 0.15) is 17.3 Å². The van der Waals surface area contributed by atoms with Crippen molar-refractivity contribution >= 4 is 49.1 Å². The smallest absolute Gasteiger partial charge is 0.326 e. The number of thiazole rings is 1.